The number of likely N-dealkylation sites (tertiary alicyclic amines) is 1. The predicted molar refractivity (Wildman–Crippen MR) is 79.8 cm³/mol. The van der Waals surface area contributed by atoms with Crippen molar-refractivity contribution in [3.63, 3.8) is 0 Å². The van der Waals surface area contributed by atoms with Crippen LogP contribution in [0.4, 0.5) is 4.79 Å². The SMILES string of the molecule is O=C(O)C1CCCN(C(=O)NC2CCOc3ccccc32)C1. The van der Waals surface area contributed by atoms with Crippen molar-refractivity contribution in [1.29, 1.82) is 0 Å². The summed E-state index contributed by atoms with van der Waals surface area (Å²) in [5.74, 6) is -0.475. The molecule has 118 valence electrons. The van der Waals surface area contributed by atoms with E-state index in [1.54, 1.807) is 4.90 Å². The molecule has 1 aromatic rings. The molecule has 2 aliphatic heterocycles. The molecule has 2 N–H and O–H groups in total. The molecule has 0 saturated carbocycles. The smallest absolute Gasteiger partial charge is 0.317 e. The molecule has 2 heterocycles. The van der Waals surface area contributed by atoms with E-state index in [1.165, 1.54) is 0 Å². The molecule has 1 saturated heterocycles. The first-order valence-corrected chi connectivity index (χ1v) is 7.65. The lowest BCUT2D eigenvalue weighted by Crippen LogP contribution is -2.48. The fourth-order valence-corrected chi connectivity index (χ4v) is 3.10. The number of benzene rings is 1. The lowest BCUT2D eigenvalue weighted by molar-refractivity contribution is -0.143. The van der Waals surface area contributed by atoms with E-state index in [2.05, 4.69) is 5.32 Å². The molecule has 0 aliphatic carbocycles. The summed E-state index contributed by atoms with van der Waals surface area (Å²) in [7, 11) is 0. The number of rotatable bonds is 2. The van der Waals surface area contributed by atoms with Crippen molar-refractivity contribution in [3.05, 3.63) is 29.8 Å². The number of amides is 2. The van der Waals surface area contributed by atoms with Gasteiger partial charge in [-0.25, -0.2) is 4.79 Å². The van der Waals surface area contributed by atoms with Crippen molar-refractivity contribution >= 4 is 12.0 Å². The van der Waals surface area contributed by atoms with Gasteiger partial charge in [-0.3, -0.25) is 4.79 Å². The Morgan fingerprint density at radius 3 is 2.91 bits per heavy atom. The number of aliphatic carboxylic acids is 1. The summed E-state index contributed by atoms with van der Waals surface area (Å²) >= 11 is 0. The van der Waals surface area contributed by atoms with Crippen molar-refractivity contribution in [3.8, 4) is 5.75 Å². The molecule has 1 fully saturated rings. The number of para-hydroxylation sites is 1. The van der Waals surface area contributed by atoms with Gasteiger partial charge in [0.05, 0.1) is 18.6 Å². The van der Waals surface area contributed by atoms with Crippen LogP contribution in [-0.2, 0) is 4.79 Å². The van der Waals surface area contributed by atoms with Crippen LogP contribution in [0.5, 0.6) is 5.75 Å². The third-order valence-electron chi connectivity index (χ3n) is 4.31. The first kappa shape index (κ1) is 14.7. The zero-order chi connectivity index (χ0) is 15.5. The lowest BCUT2D eigenvalue weighted by atomic mass is 9.98. The van der Waals surface area contributed by atoms with E-state index in [-0.39, 0.29) is 18.6 Å². The number of carbonyl (C=O) groups is 2. The molecule has 0 aromatic heterocycles. The standard InChI is InChI=1S/C16H20N2O4/c19-15(20)11-4-3-8-18(10-11)16(21)17-13-7-9-22-14-6-2-1-5-12(13)14/h1-2,5-6,11,13H,3-4,7-10H2,(H,17,21)(H,19,20). The molecule has 0 bridgehead atoms. The Morgan fingerprint density at radius 2 is 2.09 bits per heavy atom. The highest BCUT2D eigenvalue weighted by molar-refractivity contribution is 5.77. The molecule has 2 aliphatic rings. The molecule has 2 amide bonds. The van der Waals surface area contributed by atoms with Crippen molar-refractivity contribution in [2.45, 2.75) is 25.3 Å². The highest BCUT2D eigenvalue weighted by Crippen LogP contribution is 2.31. The Labute approximate surface area is 129 Å². The largest absolute Gasteiger partial charge is 0.493 e. The molecule has 0 radical (unpaired) electrons. The van der Waals surface area contributed by atoms with Gasteiger partial charge < -0.3 is 20.1 Å². The van der Waals surface area contributed by atoms with Crippen LogP contribution in [0.15, 0.2) is 24.3 Å². The zero-order valence-corrected chi connectivity index (χ0v) is 12.3. The molecule has 2 atom stereocenters. The van der Waals surface area contributed by atoms with Crippen LogP contribution in [-0.4, -0.2) is 41.7 Å². The highest BCUT2D eigenvalue weighted by atomic mass is 16.5. The van der Waals surface area contributed by atoms with Crippen molar-refractivity contribution in [1.82, 2.24) is 10.2 Å². The maximum Gasteiger partial charge on any atom is 0.317 e. The number of carboxylic acids is 1. The normalized spacial score (nSPS) is 24.1. The highest BCUT2D eigenvalue weighted by Gasteiger charge is 2.30. The second-order valence-electron chi connectivity index (χ2n) is 5.80. The third kappa shape index (κ3) is 3.00. The number of hydrogen-bond acceptors (Lipinski definition) is 3. The van der Waals surface area contributed by atoms with E-state index in [9.17, 15) is 9.59 Å². The molecule has 1 aromatic carbocycles. The number of piperidine rings is 1. The molecular formula is C16H20N2O4. The minimum atomic E-state index is -0.825. The lowest BCUT2D eigenvalue weighted by Gasteiger charge is -2.33. The maximum atomic E-state index is 12.4. The van der Waals surface area contributed by atoms with Gasteiger partial charge in [-0.2, -0.15) is 0 Å². The number of nitrogens with one attached hydrogen (secondary N) is 1. The monoisotopic (exact) mass is 304 g/mol. The number of urea groups is 1. The van der Waals surface area contributed by atoms with Gasteiger partial charge in [-0.05, 0) is 18.9 Å². The number of fused-ring (bicyclic) bond motifs is 1. The molecule has 22 heavy (non-hydrogen) atoms. The van der Waals surface area contributed by atoms with Gasteiger partial charge in [0, 0.05) is 25.1 Å². The number of carbonyl (C=O) groups excluding carboxylic acids is 1. The molecular weight excluding hydrogens is 284 g/mol. The van der Waals surface area contributed by atoms with Crippen LogP contribution in [0.3, 0.4) is 0 Å². The topological polar surface area (TPSA) is 78.9 Å². The zero-order valence-electron chi connectivity index (χ0n) is 12.3. The fraction of sp³-hybridized carbons (Fsp3) is 0.500. The summed E-state index contributed by atoms with van der Waals surface area (Å²) in [6.45, 7) is 1.46. The number of carboxylic acid groups (broad SMARTS) is 1. The second kappa shape index (κ2) is 6.25. The summed E-state index contributed by atoms with van der Waals surface area (Å²) in [6.07, 6.45) is 2.09. The molecule has 0 spiro atoms. The van der Waals surface area contributed by atoms with Crippen LogP contribution in [0, 0.1) is 5.92 Å². The minimum Gasteiger partial charge on any atom is -0.493 e. The number of ether oxygens (including phenoxy) is 1. The van der Waals surface area contributed by atoms with Crippen LogP contribution in [0.1, 0.15) is 30.9 Å². The van der Waals surface area contributed by atoms with E-state index in [0.717, 1.165) is 24.2 Å². The van der Waals surface area contributed by atoms with Crippen LogP contribution >= 0.6 is 0 Å². The Morgan fingerprint density at radius 1 is 1.27 bits per heavy atom. The van der Waals surface area contributed by atoms with Crippen molar-refractivity contribution in [2.75, 3.05) is 19.7 Å². The van der Waals surface area contributed by atoms with Crippen LogP contribution in [0.25, 0.3) is 0 Å². The number of hydrogen-bond donors (Lipinski definition) is 2. The van der Waals surface area contributed by atoms with Crippen molar-refractivity contribution < 1.29 is 19.4 Å². The molecule has 2 unspecified atom stereocenters. The summed E-state index contributed by atoms with van der Waals surface area (Å²) in [5.41, 5.74) is 0.980. The Balaban J connectivity index is 1.66. The van der Waals surface area contributed by atoms with Gasteiger partial charge in [0.1, 0.15) is 5.75 Å². The van der Waals surface area contributed by atoms with Gasteiger partial charge in [0.2, 0.25) is 0 Å². The molecule has 6 nitrogen and oxygen atoms in total. The van der Waals surface area contributed by atoms with Gasteiger partial charge in [-0.1, -0.05) is 18.2 Å². The van der Waals surface area contributed by atoms with Crippen molar-refractivity contribution in [2.24, 2.45) is 5.92 Å². The van der Waals surface area contributed by atoms with Crippen LogP contribution in [0.2, 0.25) is 0 Å². The van der Waals surface area contributed by atoms with Gasteiger partial charge >= 0.3 is 12.0 Å². The van der Waals surface area contributed by atoms with E-state index in [1.807, 2.05) is 24.3 Å². The van der Waals surface area contributed by atoms with Crippen LogP contribution < -0.4 is 10.1 Å². The summed E-state index contributed by atoms with van der Waals surface area (Å²) < 4.78 is 5.59. The minimum absolute atomic E-state index is 0.0809. The quantitative estimate of drug-likeness (QED) is 0.876. The van der Waals surface area contributed by atoms with Gasteiger partial charge in [0.25, 0.3) is 0 Å². The summed E-state index contributed by atoms with van der Waals surface area (Å²) in [6, 6.07) is 7.42. The predicted octanol–water partition coefficient (Wildman–Crippen LogP) is 2.02. The average Bonchev–Trinajstić information content (AvgIpc) is 2.55. The first-order valence-electron chi connectivity index (χ1n) is 7.65. The Kier molecular flexibility index (Phi) is 4.18. The van der Waals surface area contributed by atoms with Gasteiger partial charge in [-0.15, -0.1) is 0 Å². The van der Waals surface area contributed by atoms with E-state index in [0.29, 0.717) is 19.6 Å². The van der Waals surface area contributed by atoms with E-state index < -0.39 is 11.9 Å². The van der Waals surface area contributed by atoms with E-state index >= 15 is 0 Å². The molecule has 6 heteroatoms. The summed E-state index contributed by atoms with van der Waals surface area (Å²) in [5, 5.41) is 12.1. The second-order valence-corrected chi connectivity index (χ2v) is 5.80. The van der Waals surface area contributed by atoms with Gasteiger partial charge in [0.15, 0.2) is 0 Å². The Bertz CT molecular complexity index is 575. The number of nitrogens with zero attached hydrogens (tertiary/aromatic N) is 1. The fourth-order valence-electron chi connectivity index (χ4n) is 3.10. The third-order valence-corrected chi connectivity index (χ3v) is 4.31. The maximum absolute atomic E-state index is 12.4. The Hall–Kier alpha value is -2.24. The first-order chi connectivity index (χ1) is 10.6. The van der Waals surface area contributed by atoms with E-state index in [4.69, 9.17) is 9.84 Å². The summed E-state index contributed by atoms with van der Waals surface area (Å²) in [4.78, 5) is 25.1. The average molecular weight is 304 g/mol. The molecule has 3 rings (SSSR count).